The largest absolute Gasteiger partial charge is 0.369 e. The van der Waals surface area contributed by atoms with Crippen molar-refractivity contribution in [2.24, 2.45) is 0 Å². The third kappa shape index (κ3) is 98.4. The second kappa shape index (κ2) is 3.99. The average molecular weight is 316 g/mol. The van der Waals surface area contributed by atoms with Gasteiger partial charge in [0.25, 0.3) is 0 Å². The SMILES string of the molecule is [Cl][Rh-2]([Cl])([Cl])([Cl])[Cl].[NH4+].[NH4+]. The maximum atomic E-state index is 5.02. The molecule has 0 fully saturated rings. The quantitative estimate of drug-likeness (QED) is 0.629. The minimum atomic E-state index is -4.04. The smallest absolute Gasteiger partial charge is 0.369 e. The van der Waals surface area contributed by atoms with E-state index in [0.29, 0.717) is 0 Å². The van der Waals surface area contributed by atoms with E-state index in [1.54, 1.807) is 0 Å². The molecule has 0 aliphatic heterocycles. The van der Waals surface area contributed by atoms with Crippen LogP contribution < -0.4 is 12.3 Å². The Labute approximate surface area is 68.9 Å². The van der Waals surface area contributed by atoms with E-state index in [4.69, 9.17) is 48.5 Å². The Balaban J connectivity index is -0.000000125. The summed E-state index contributed by atoms with van der Waals surface area (Å²) in [5.74, 6) is 0. The third-order valence-electron chi connectivity index (χ3n) is 0. The van der Waals surface area contributed by atoms with Crippen LogP contribution in [0.25, 0.3) is 0 Å². The molecule has 0 aliphatic rings. The molecule has 0 atom stereocenters. The van der Waals surface area contributed by atoms with Crippen molar-refractivity contribution in [1.82, 2.24) is 12.3 Å². The topological polar surface area (TPSA) is 73.0 Å². The Morgan fingerprint density at radius 1 is 0.625 bits per heavy atom. The Bertz CT molecular complexity index is 43.6. The summed E-state index contributed by atoms with van der Waals surface area (Å²) in [6, 6.07) is 0. The van der Waals surface area contributed by atoms with Gasteiger partial charge in [-0.2, -0.15) is 0 Å². The average Bonchev–Trinajstić information content (AvgIpc) is 0.650. The van der Waals surface area contributed by atoms with E-state index >= 15 is 0 Å². The molecule has 0 aromatic rings. The van der Waals surface area contributed by atoms with Gasteiger partial charge in [-0.1, -0.05) is 0 Å². The molecule has 0 aromatic carbocycles. The van der Waals surface area contributed by atoms with Crippen molar-refractivity contribution in [3.05, 3.63) is 0 Å². The van der Waals surface area contributed by atoms with Crippen molar-refractivity contribution in [1.29, 1.82) is 0 Å². The molecule has 0 saturated carbocycles. The molecular formula is H8Cl5N2Rh. The maximum Gasteiger partial charge on any atom is -0.369 e. The number of hydrogen-bond donors (Lipinski definition) is 2. The molecule has 62 valence electrons. The Morgan fingerprint density at radius 3 is 0.625 bits per heavy atom. The Morgan fingerprint density at radius 2 is 0.625 bits per heavy atom. The minimum Gasteiger partial charge on any atom is -0.369 e. The molecule has 8 heteroatoms. The fourth-order valence-electron chi connectivity index (χ4n) is 0. The van der Waals surface area contributed by atoms with E-state index in [0.717, 1.165) is 0 Å². The van der Waals surface area contributed by atoms with Gasteiger partial charge in [-0.25, -0.2) is 0 Å². The van der Waals surface area contributed by atoms with Crippen LogP contribution in [0.4, 0.5) is 0 Å². The molecule has 0 rings (SSSR count). The number of quaternary nitrogens is 2. The van der Waals surface area contributed by atoms with Crippen LogP contribution in [0.5, 0.6) is 0 Å². The van der Waals surface area contributed by atoms with Crippen LogP contribution in [-0.2, 0) is 8.65 Å². The molecule has 0 amide bonds. The van der Waals surface area contributed by atoms with Gasteiger partial charge in [-0.05, 0) is 0 Å². The molecule has 2 nitrogen and oxygen atoms in total. The fourth-order valence-corrected chi connectivity index (χ4v) is 0. The molecule has 0 spiro atoms. The van der Waals surface area contributed by atoms with Gasteiger partial charge in [-0.3, -0.25) is 0 Å². The first-order valence-electron chi connectivity index (χ1n) is 0.630. The van der Waals surface area contributed by atoms with Crippen molar-refractivity contribution in [2.75, 3.05) is 0 Å². The van der Waals surface area contributed by atoms with Crippen molar-refractivity contribution >= 4 is 48.5 Å². The zero-order valence-corrected chi connectivity index (χ0v) is 9.64. The van der Waals surface area contributed by atoms with Crippen LogP contribution in [-0.4, -0.2) is 0 Å². The molecule has 0 radical (unpaired) electrons. The first-order valence-corrected chi connectivity index (χ1v) is 11.2. The van der Waals surface area contributed by atoms with Gasteiger partial charge in [0.1, 0.15) is 0 Å². The zero-order valence-electron chi connectivity index (χ0n) is 4.22. The van der Waals surface area contributed by atoms with Gasteiger partial charge in [0.05, 0.1) is 0 Å². The van der Waals surface area contributed by atoms with Gasteiger partial charge >= 0.3 is 57.1 Å². The standard InChI is InChI=1S/5ClH.2H3N.Rh/h5*1H;2*1H3;/q;;;;;;;+3/p-3. The number of halogens is 5. The second-order valence-electron chi connectivity index (χ2n) is 0.476. The van der Waals surface area contributed by atoms with Gasteiger partial charge in [0, 0.05) is 0 Å². The van der Waals surface area contributed by atoms with Crippen LogP contribution in [0.2, 0.25) is 0 Å². The van der Waals surface area contributed by atoms with E-state index < -0.39 is 8.65 Å². The molecular weight excluding hydrogens is 308 g/mol. The minimum absolute atomic E-state index is 0. The molecule has 0 heterocycles. The molecule has 0 unspecified atom stereocenters. The summed E-state index contributed by atoms with van der Waals surface area (Å²) in [4.78, 5) is 0. The number of hydrogen-bond acceptors (Lipinski definition) is 0. The molecule has 0 bridgehead atoms. The summed E-state index contributed by atoms with van der Waals surface area (Å²) >= 11 is 0. The van der Waals surface area contributed by atoms with E-state index in [9.17, 15) is 0 Å². The van der Waals surface area contributed by atoms with E-state index in [2.05, 4.69) is 0 Å². The summed E-state index contributed by atoms with van der Waals surface area (Å²) in [5.41, 5.74) is 0. The summed E-state index contributed by atoms with van der Waals surface area (Å²) in [6.07, 6.45) is 0. The molecule has 8 heavy (non-hydrogen) atoms. The first kappa shape index (κ1) is 16.5. The Kier molecular flexibility index (Phi) is 8.25. The number of rotatable bonds is 0. The predicted octanol–water partition coefficient (Wildman–Crippen LogP) is 4.20. The van der Waals surface area contributed by atoms with E-state index in [1.807, 2.05) is 0 Å². The second-order valence-corrected chi connectivity index (χ2v) is 25.4. The van der Waals surface area contributed by atoms with Crippen molar-refractivity contribution in [2.45, 2.75) is 0 Å². The third-order valence-corrected chi connectivity index (χ3v) is 0. The van der Waals surface area contributed by atoms with Crippen LogP contribution in [0.1, 0.15) is 0 Å². The first-order chi connectivity index (χ1) is 2.24. The predicted molar refractivity (Wildman–Crippen MR) is 41.2 cm³/mol. The van der Waals surface area contributed by atoms with E-state index in [1.165, 1.54) is 0 Å². The van der Waals surface area contributed by atoms with Gasteiger partial charge < -0.3 is 12.3 Å². The Hall–Kier alpha value is 1.99. The van der Waals surface area contributed by atoms with Gasteiger partial charge in [-0.15, -0.1) is 0 Å². The summed E-state index contributed by atoms with van der Waals surface area (Å²) < 4.78 is 0. The molecule has 0 aromatic heterocycles. The van der Waals surface area contributed by atoms with E-state index in [-0.39, 0.29) is 12.3 Å². The van der Waals surface area contributed by atoms with Crippen LogP contribution in [0, 0.1) is 0 Å². The van der Waals surface area contributed by atoms with Gasteiger partial charge in [0.15, 0.2) is 0 Å². The van der Waals surface area contributed by atoms with Crippen LogP contribution in [0.15, 0.2) is 0 Å². The molecule has 0 saturated heterocycles. The summed E-state index contributed by atoms with van der Waals surface area (Å²) in [7, 11) is 21.0. The normalized spacial score (nSPS) is 14.4. The van der Waals surface area contributed by atoms with Crippen molar-refractivity contribution in [3.8, 4) is 0 Å². The maximum absolute atomic E-state index is 5.02. The summed E-state index contributed by atoms with van der Waals surface area (Å²) in [5, 5.41) is 0. The van der Waals surface area contributed by atoms with Crippen molar-refractivity contribution in [3.63, 3.8) is 0 Å². The van der Waals surface area contributed by atoms with Crippen LogP contribution >= 0.6 is 48.5 Å². The van der Waals surface area contributed by atoms with Gasteiger partial charge in [0.2, 0.25) is 0 Å². The van der Waals surface area contributed by atoms with Crippen molar-refractivity contribution < 1.29 is 8.65 Å². The fraction of sp³-hybridized carbons (Fsp3) is 0. The van der Waals surface area contributed by atoms with Crippen LogP contribution in [0.3, 0.4) is 0 Å². The summed E-state index contributed by atoms with van der Waals surface area (Å²) in [6.45, 7) is 0. The monoisotopic (exact) mass is 314 g/mol. The molecule has 0 aliphatic carbocycles. The zero-order chi connectivity index (χ0) is 5.45. The molecule has 8 N–H and O–H groups in total.